The van der Waals surface area contributed by atoms with E-state index in [1.807, 2.05) is 37.4 Å². The Kier molecular flexibility index (Phi) is 9.89. The molecule has 190 valence electrons. The fourth-order valence-corrected chi connectivity index (χ4v) is 4.09. The van der Waals surface area contributed by atoms with Gasteiger partial charge in [0.05, 0.1) is 0 Å². The highest BCUT2D eigenvalue weighted by Crippen LogP contribution is 2.22. The highest BCUT2D eigenvalue weighted by atomic mass is 32.1. The van der Waals surface area contributed by atoms with E-state index in [0.717, 1.165) is 16.7 Å². The largest absolute Gasteiger partial charge is 0.508 e. The van der Waals surface area contributed by atoms with E-state index in [2.05, 4.69) is 16.0 Å². The second-order valence-corrected chi connectivity index (χ2v) is 10.4. The Morgan fingerprint density at radius 1 is 1.11 bits per heavy atom. The molecule has 4 N–H and O–H groups in total. The Morgan fingerprint density at radius 3 is 2.34 bits per heavy atom. The van der Waals surface area contributed by atoms with Crippen molar-refractivity contribution < 1.29 is 24.2 Å². The quantitative estimate of drug-likeness (QED) is 0.416. The third kappa shape index (κ3) is 9.44. The molecule has 35 heavy (non-hydrogen) atoms. The highest BCUT2D eigenvalue weighted by molar-refractivity contribution is 7.09. The molecular weight excluding hydrogens is 466 g/mol. The first kappa shape index (κ1) is 27.9. The number of hydrogen-bond acceptors (Lipinski definition) is 6. The molecule has 2 atom stereocenters. The van der Waals surface area contributed by atoms with Crippen molar-refractivity contribution in [2.75, 3.05) is 0 Å². The number of hydrogen-bond donors (Lipinski definition) is 4. The van der Waals surface area contributed by atoms with Crippen molar-refractivity contribution in [3.8, 4) is 5.75 Å². The van der Waals surface area contributed by atoms with Crippen molar-refractivity contribution in [3.05, 3.63) is 63.5 Å². The minimum absolute atomic E-state index is 0.127. The van der Waals surface area contributed by atoms with Crippen LogP contribution in [0.15, 0.2) is 41.9 Å². The summed E-state index contributed by atoms with van der Waals surface area (Å²) in [5.74, 6) is -0.774. The molecule has 0 aliphatic carbocycles. The van der Waals surface area contributed by atoms with Gasteiger partial charge in [0, 0.05) is 23.9 Å². The minimum atomic E-state index is -0.989. The average molecular weight is 502 g/mol. The second-order valence-electron chi connectivity index (χ2n) is 9.39. The predicted octanol–water partition coefficient (Wildman–Crippen LogP) is 3.88. The number of nitrogens with one attached hydrogen (secondary N) is 3. The van der Waals surface area contributed by atoms with Crippen LogP contribution in [0.1, 0.15) is 49.3 Å². The second kappa shape index (κ2) is 12.4. The molecule has 1 unspecified atom stereocenters. The molecule has 8 nitrogen and oxygen atoms in total. The molecule has 1 aromatic carbocycles. The lowest BCUT2D eigenvalue weighted by molar-refractivity contribution is -0.129. The van der Waals surface area contributed by atoms with Gasteiger partial charge in [-0.2, -0.15) is 0 Å². The third-order valence-electron chi connectivity index (χ3n) is 5.09. The lowest BCUT2D eigenvalue weighted by Crippen LogP contribution is -2.53. The van der Waals surface area contributed by atoms with Crippen molar-refractivity contribution in [1.29, 1.82) is 0 Å². The van der Waals surface area contributed by atoms with E-state index >= 15 is 0 Å². The van der Waals surface area contributed by atoms with Gasteiger partial charge in [-0.05, 0) is 81.8 Å². The summed E-state index contributed by atoms with van der Waals surface area (Å²) in [7, 11) is 0. The Balaban J connectivity index is 2.08. The molecule has 0 fully saturated rings. The van der Waals surface area contributed by atoms with Gasteiger partial charge in [0.1, 0.15) is 23.4 Å². The topological polar surface area (TPSA) is 117 Å². The molecule has 1 aromatic heterocycles. The number of benzene rings is 1. The Hall–Kier alpha value is -3.33. The summed E-state index contributed by atoms with van der Waals surface area (Å²) in [4.78, 5) is 39.2. The van der Waals surface area contributed by atoms with Crippen LogP contribution in [0.3, 0.4) is 0 Å². The van der Waals surface area contributed by atoms with Gasteiger partial charge in [-0.25, -0.2) is 4.79 Å². The zero-order valence-corrected chi connectivity index (χ0v) is 21.9. The number of amides is 3. The highest BCUT2D eigenvalue weighted by Gasteiger charge is 2.28. The molecule has 0 saturated heterocycles. The van der Waals surface area contributed by atoms with E-state index < -0.39 is 29.7 Å². The van der Waals surface area contributed by atoms with Gasteiger partial charge in [-0.3, -0.25) is 9.59 Å². The van der Waals surface area contributed by atoms with Crippen LogP contribution >= 0.6 is 11.3 Å². The smallest absolute Gasteiger partial charge is 0.408 e. The maximum atomic E-state index is 13.1. The van der Waals surface area contributed by atoms with E-state index in [0.29, 0.717) is 6.42 Å². The van der Waals surface area contributed by atoms with Crippen molar-refractivity contribution in [2.24, 2.45) is 0 Å². The lowest BCUT2D eigenvalue weighted by Gasteiger charge is -2.25. The summed E-state index contributed by atoms with van der Waals surface area (Å²) >= 11 is 1.63. The average Bonchev–Trinajstić information content (AvgIpc) is 3.24. The fraction of sp³-hybridized carbons (Fsp3) is 0.423. The molecule has 0 bridgehead atoms. The van der Waals surface area contributed by atoms with Gasteiger partial charge >= 0.3 is 6.09 Å². The molecule has 2 rings (SSSR count). The summed E-state index contributed by atoms with van der Waals surface area (Å²) in [6, 6.07) is 5.35. The fourth-order valence-electron chi connectivity index (χ4n) is 3.41. The third-order valence-corrected chi connectivity index (χ3v) is 5.99. The van der Waals surface area contributed by atoms with E-state index in [9.17, 15) is 19.5 Å². The molecule has 2 aromatic rings. The molecule has 0 aliphatic rings. The molecule has 0 spiro atoms. The molecule has 0 aliphatic heterocycles. The summed E-state index contributed by atoms with van der Waals surface area (Å²) in [5.41, 5.74) is 1.64. The Labute approximate surface area is 210 Å². The van der Waals surface area contributed by atoms with Crippen LogP contribution in [0.25, 0.3) is 0 Å². The monoisotopic (exact) mass is 501 g/mol. The number of carbonyl (C=O) groups excluding carboxylic acids is 3. The van der Waals surface area contributed by atoms with Crippen LogP contribution in [0, 0.1) is 13.8 Å². The predicted molar refractivity (Wildman–Crippen MR) is 137 cm³/mol. The van der Waals surface area contributed by atoms with Crippen LogP contribution in [-0.2, 0) is 27.2 Å². The van der Waals surface area contributed by atoms with Gasteiger partial charge in [0.25, 0.3) is 0 Å². The summed E-state index contributed by atoms with van der Waals surface area (Å²) < 4.78 is 5.33. The first-order chi connectivity index (χ1) is 16.4. The van der Waals surface area contributed by atoms with Crippen molar-refractivity contribution >= 4 is 29.2 Å². The maximum absolute atomic E-state index is 13.1. The summed E-state index contributed by atoms with van der Waals surface area (Å²) in [5, 5.41) is 19.8. The first-order valence-corrected chi connectivity index (χ1v) is 12.3. The van der Waals surface area contributed by atoms with Crippen molar-refractivity contribution in [1.82, 2.24) is 16.0 Å². The van der Waals surface area contributed by atoms with E-state index in [-0.39, 0.29) is 18.1 Å². The van der Waals surface area contributed by atoms with Crippen LogP contribution in [0.4, 0.5) is 4.79 Å². The lowest BCUT2D eigenvalue weighted by atomic mass is 9.95. The van der Waals surface area contributed by atoms with E-state index in [4.69, 9.17) is 4.74 Å². The molecule has 0 saturated carbocycles. The molecule has 3 amide bonds. The summed E-state index contributed by atoms with van der Waals surface area (Å²) in [6.07, 6.45) is 3.52. The molecular formula is C26H35N3O5S. The Bertz CT molecular complexity index is 1030. The number of rotatable bonds is 9. The van der Waals surface area contributed by atoms with Crippen LogP contribution in [0.5, 0.6) is 5.75 Å². The number of thiophene rings is 1. The first-order valence-electron chi connectivity index (χ1n) is 11.4. The van der Waals surface area contributed by atoms with Gasteiger partial charge in [0.2, 0.25) is 11.8 Å². The number of phenolic OH excluding ortho intramolecular Hbond substituents is 1. The van der Waals surface area contributed by atoms with Gasteiger partial charge in [0.15, 0.2) is 0 Å². The zero-order chi connectivity index (χ0) is 26.2. The van der Waals surface area contributed by atoms with E-state index in [1.54, 1.807) is 57.4 Å². The number of ether oxygens (including phenoxy) is 1. The Morgan fingerprint density at radius 2 is 1.77 bits per heavy atom. The van der Waals surface area contributed by atoms with Gasteiger partial charge in [-0.1, -0.05) is 12.1 Å². The molecule has 9 heteroatoms. The van der Waals surface area contributed by atoms with Gasteiger partial charge < -0.3 is 25.8 Å². The number of aromatic hydroxyl groups is 1. The van der Waals surface area contributed by atoms with Crippen molar-refractivity contribution in [3.63, 3.8) is 0 Å². The van der Waals surface area contributed by atoms with Crippen LogP contribution in [-0.4, -0.2) is 40.7 Å². The zero-order valence-electron chi connectivity index (χ0n) is 21.1. The summed E-state index contributed by atoms with van der Waals surface area (Å²) in [6.45, 7) is 10.4. The number of alkyl carbamates (subject to hydrolysis) is 1. The van der Waals surface area contributed by atoms with E-state index in [1.165, 1.54) is 4.88 Å². The maximum Gasteiger partial charge on any atom is 0.408 e. The standard InChI is InChI=1S/C26H35N3O5S/c1-16-13-19(30)14-17(2)21(16)15-22(29-25(33)34-26(4,5)6)24(32)28-18(3)23(31)27-11-7-9-20-10-8-12-35-20/h7-8,10-14,18,22,30H,9,15H2,1-6H3,(H,27,31)(H,28,32)(H,29,33)/t18-,22?/m1/s1. The van der Waals surface area contributed by atoms with Gasteiger partial charge in [-0.15, -0.1) is 11.3 Å². The van der Waals surface area contributed by atoms with Crippen LogP contribution < -0.4 is 16.0 Å². The van der Waals surface area contributed by atoms with Crippen molar-refractivity contribution in [2.45, 2.75) is 72.1 Å². The normalized spacial score (nSPS) is 13.2. The number of phenols is 1. The SMILES string of the molecule is Cc1cc(O)cc(C)c1CC(NC(=O)OC(C)(C)C)C(=O)N[C@H](C)C(=O)NC=CCc1cccs1. The molecule has 0 radical (unpaired) electrons. The minimum Gasteiger partial charge on any atom is -0.508 e. The van der Waals surface area contributed by atoms with Crippen LogP contribution in [0.2, 0.25) is 0 Å². The number of aryl methyl sites for hydroxylation is 2. The number of allylic oxidation sites excluding steroid dienone is 1. The number of carbonyl (C=O) groups is 3. The molecule has 1 heterocycles.